The molecule has 3 atom stereocenters. The number of para-hydroxylation sites is 1. The van der Waals surface area contributed by atoms with Crippen LogP contribution in [0, 0.1) is 17.8 Å². The summed E-state index contributed by atoms with van der Waals surface area (Å²) in [6.07, 6.45) is 6.86. The summed E-state index contributed by atoms with van der Waals surface area (Å²) in [7, 11) is 0. The minimum absolute atomic E-state index is 0.0631. The molecule has 0 amide bonds. The van der Waals surface area contributed by atoms with Gasteiger partial charge in [-0.15, -0.1) is 0 Å². The van der Waals surface area contributed by atoms with Gasteiger partial charge in [0.05, 0.1) is 0 Å². The van der Waals surface area contributed by atoms with Crippen LogP contribution in [0.3, 0.4) is 0 Å². The highest BCUT2D eigenvalue weighted by Gasteiger charge is 2.33. The highest BCUT2D eigenvalue weighted by atomic mass is 16.6. The van der Waals surface area contributed by atoms with E-state index in [1.165, 1.54) is 17.4 Å². The van der Waals surface area contributed by atoms with Gasteiger partial charge in [-0.25, -0.2) is 4.79 Å². The third kappa shape index (κ3) is 5.84. The number of carbonyl (C=O) groups is 2. The molecule has 1 N–H and O–H groups in total. The molecule has 1 fully saturated rings. The Morgan fingerprint density at radius 2 is 1.97 bits per heavy atom. The van der Waals surface area contributed by atoms with E-state index in [0.717, 1.165) is 24.8 Å². The van der Waals surface area contributed by atoms with Crippen LogP contribution in [-0.2, 0) is 25.5 Å². The lowest BCUT2D eigenvalue weighted by Gasteiger charge is -2.36. The van der Waals surface area contributed by atoms with E-state index in [4.69, 9.17) is 9.47 Å². The molecular formula is C24H33NO4. The van der Waals surface area contributed by atoms with Crippen molar-refractivity contribution in [3.63, 3.8) is 0 Å². The number of aryl methyl sites for hydroxylation is 1. The predicted molar refractivity (Wildman–Crippen MR) is 113 cm³/mol. The van der Waals surface area contributed by atoms with Crippen molar-refractivity contribution in [3.8, 4) is 0 Å². The van der Waals surface area contributed by atoms with E-state index in [2.05, 4.69) is 31.8 Å². The smallest absolute Gasteiger partial charge is 0.344 e. The molecule has 0 saturated heterocycles. The SMILES string of the molecule is CC(C)[C@H]1CC[C@@H](C)C[C@H]1OC(=O)COC(=O)CCCc1c[nH]c2ccccc12. The largest absolute Gasteiger partial charge is 0.460 e. The zero-order valence-corrected chi connectivity index (χ0v) is 17.8. The molecule has 0 unspecified atom stereocenters. The molecule has 0 spiro atoms. The summed E-state index contributed by atoms with van der Waals surface area (Å²) < 4.78 is 10.8. The van der Waals surface area contributed by atoms with Gasteiger partial charge in [-0.1, -0.05) is 45.4 Å². The standard InChI is InChI=1S/C24H33NO4/c1-16(2)19-12-11-17(3)13-22(19)29-24(27)15-28-23(26)10-6-7-18-14-25-21-9-5-4-8-20(18)21/h4-5,8-9,14,16-17,19,22,25H,6-7,10-13,15H2,1-3H3/t17-,19-,22-/m1/s1. The number of carbonyl (C=O) groups excluding carboxylic acids is 2. The molecule has 1 aliphatic carbocycles. The van der Waals surface area contributed by atoms with Gasteiger partial charge in [0.15, 0.2) is 6.61 Å². The second kappa shape index (κ2) is 9.95. The first kappa shape index (κ1) is 21.4. The maximum Gasteiger partial charge on any atom is 0.344 e. The van der Waals surface area contributed by atoms with Gasteiger partial charge in [0.25, 0.3) is 0 Å². The van der Waals surface area contributed by atoms with Crippen LogP contribution in [0.2, 0.25) is 0 Å². The van der Waals surface area contributed by atoms with Crippen LogP contribution < -0.4 is 0 Å². The Morgan fingerprint density at radius 1 is 1.17 bits per heavy atom. The third-order valence-corrected chi connectivity index (χ3v) is 6.10. The predicted octanol–water partition coefficient (Wildman–Crippen LogP) is 5.04. The van der Waals surface area contributed by atoms with Gasteiger partial charge in [-0.05, 0) is 55.1 Å². The van der Waals surface area contributed by atoms with Gasteiger partial charge < -0.3 is 14.5 Å². The van der Waals surface area contributed by atoms with Crippen molar-refractivity contribution >= 4 is 22.8 Å². The molecule has 29 heavy (non-hydrogen) atoms. The lowest BCUT2D eigenvalue weighted by atomic mass is 9.75. The first-order chi connectivity index (χ1) is 13.9. The molecule has 2 aromatic rings. The van der Waals surface area contributed by atoms with Crippen LogP contribution in [0.25, 0.3) is 10.9 Å². The number of nitrogens with one attached hydrogen (secondary N) is 1. The van der Waals surface area contributed by atoms with Gasteiger partial charge in [0, 0.05) is 23.5 Å². The number of rotatable bonds is 8. The highest BCUT2D eigenvalue weighted by Crippen LogP contribution is 2.35. The molecule has 5 heteroatoms. The average molecular weight is 400 g/mol. The van der Waals surface area contributed by atoms with Gasteiger partial charge >= 0.3 is 11.9 Å². The number of esters is 2. The van der Waals surface area contributed by atoms with Gasteiger partial charge in [-0.2, -0.15) is 0 Å². The van der Waals surface area contributed by atoms with Crippen LogP contribution in [0.1, 0.15) is 58.4 Å². The molecule has 0 aliphatic heterocycles. The quantitative estimate of drug-likeness (QED) is 0.632. The van der Waals surface area contributed by atoms with Crippen molar-refractivity contribution in [2.45, 2.75) is 65.4 Å². The number of hydrogen-bond acceptors (Lipinski definition) is 4. The summed E-state index contributed by atoms with van der Waals surface area (Å²) in [4.78, 5) is 27.5. The van der Waals surface area contributed by atoms with Crippen molar-refractivity contribution in [1.29, 1.82) is 0 Å². The maximum atomic E-state index is 12.2. The Balaban J connectivity index is 1.39. The zero-order chi connectivity index (χ0) is 20.8. The first-order valence-corrected chi connectivity index (χ1v) is 10.8. The summed E-state index contributed by atoms with van der Waals surface area (Å²) in [5.74, 6) is 0.656. The van der Waals surface area contributed by atoms with Crippen molar-refractivity contribution in [3.05, 3.63) is 36.0 Å². The number of ether oxygens (including phenoxy) is 2. The second-order valence-corrected chi connectivity index (χ2v) is 8.73. The van der Waals surface area contributed by atoms with E-state index in [1.54, 1.807) is 0 Å². The summed E-state index contributed by atoms with van der Waals surface area (Å²) in [6.45, 7) is 6.26. The number of aromatic nitrogens is 1. The van der Waals surface area contributed by atoms with Crippen LogP contribution in [-0.4, -0.2) is 29.6 Å². The van der Waals surface area contributed by atoms with Gasteiger partial charge in [-0.3, -0.25) is 4.79 Å². The molecule has 1 saturated carbocycles. The summed E-state index contributed by atoms with van der Waals surface area (Å²) >= 11 is 0. The lowest BCUT2D eigenvalue weighted by Crippen LogP contribution is -2.36. The maximum absolute atomic E-state index is 12.2. The fraction of sp³-hybridized carbons (Fsp3) is 0.583. The Hall–Kier alpha value is -2.30. The topological polar surface area (TPSA) is 68.4 Å². The fourth-order valence-corrected chi connectivity index (χ4v) is 4.43. The number of aromatic amines is 1. The Morgan fingerprint density at radius 3 is 2.76 bits per heavy atom. The van der Waals surface area contributed by atoms with Crippen LogP contribution in [0.15, 0.2) is 30.5 Å². The molecular weight excluding hydrogens is 366 g/mol. The molecule has 0 bridgehead atoms. The van der Waals surface area contributed by atoms with Crippen molar-refractivity contribution < 1.29 is 19.1 Å². The van der Waals surface area contributed by atoms with Crippen molar-refractivity contribution in [1.82, 2.24) is 4.98 Å². The number of benzene rings is 1. The molecule has 158 valence electrons. The van der Waals surface area contributed by atoms with E-state index >= 15 is 0 Å². The minimum atomic E-state index is -0.431. The third-order valence-electron chi connectivity index (χ3n) is 6.10. The fourth-order valence-electron chi connectivity index (χ4n) is 4.43. The van der Waals surface area contributed by atoms with Crippen LogP contribution >= 0.6 is 0 Å². The van der Waals surface area contributed by atoms with E-state index in [1.807, 2.05) is 24.4 Å². The summed E-state index contributed by atoms with van der Waals surface area (Å²) in [5, 5.41) is 1.19. The number of H-pyrrole nitrogens is 1. The number of fused-ring (bicyclic) bond motifs is 1. The minimum Gasteiger partial charge on any atom is -0.460 e. The van der Waals surface area contributed by atoms with Crippen LogP contribution in [0.4, 0.5) is 0 Å². The van der Waals surface area contributed by atoms with Crippen LogP contribution in [0.5, 0.6) is 0 Å². The van der Waals surface area contributed by atoms with E-state index < -0.39 is 5.97 Å². The first-order valence-electron chi connectivity index (χ1n) is 10.8. The van der Waals surface area contributed by atoms with E-state index in [0.29, 0.717) is 30.6 Å². The lowest BCUT2D eigenvalue weighted by molar-refractivity contribution is -0.167. The summed E-state index contributed by atoms with van der Waals surface area (Å²) in [5.41, 5.74) is 2.29. The normalized spacial score (nSPS) is 22.0. The molecule has 3 rings (SSSR count). The van der Waals surface area contributed by atoms with Crippen molar-refractivity contribution in [2.75, 3.05) is 6.61 Å². The molecule has 1 aliphatic rings. The number of hydrogen-bond donors (Lipinski definition) is 1. The molecule has 5 nitrogen and oxygen atoms in total. The van der Waals surface area contributed by atoms with Gasteiger partial charge in [0.1, 0.15) is 6.10 Å². The molecule has 1 aromatic carbocycles. The Kier molecular flexibility index (Phi) is 7.34. The molecule has 1 heterocycles. The average Bonchev–Trinajstić information content (AvgIpc) is 3.09. The van der Waals surface area contributed by atoms with Crippen molar-refractivity contribution in [2.24, 2.45) is 17.8 Å². The van der Waals surface area contributed by atoms with Gasteiger partial charge in [0.2, 0.25) is 0 Å². The monoisotopic (exact) mass is 399 g/mol. The second-order valence-electron chi connectivity index (χ2n) is 8.73. The van der Waals surface area contributed by atoms with E-state index in [-0.39, 0.29) is 18.7 Å². The van der Waals surface area contributed by atoms with E-state index in [9.17, 15) is 9.59 Å². The zero-order valence-electron chi connectivity index (χ0n) is 17.8. The highest BCUT2D eigenvalue weighted by molar-refractivity contribution is 5.83. The molecule has 0 radical (unpaired) electrons. The summed E-state index contributed by atoms with van der Waals surface area (Å²) in [6, 6.07) is 8.12. The Labute approximate surface area is 173 Å². The molecule has 1 aromatic heterocycles. The Bertz CT molecular complexity index is 825.